The van der Waals surface area contributed by atoms with Crippen molar-refractivity contribution in [2.45, 2.75) is 0 Å². The van der Waals surface area contributed by atoms with Crippen molar-refractivity contribution in [1.29, 1.82) is 0 Å². The maximum absolute atomic E-state index is 6.55. The minimum Gasteiger partial charge on any atom is -0.456 e. The molecule has 0 spiro atoms. The molecule has 0 N–H and O–H groups in total. The van der Waals surface area contributed by atoms with Crippen molar-refractivity contribution in [3.8, 4) is 51.0 Å². The van der Waals surface area contributed by atoms with Gasteiger partial charge in [0.1, 0.15) is 22.3 Å². The molecule has 0 saturated heterocycles. The lowest BCUT2D eigenvalue weighted by Gasteiger charge is -2.10. The average Bonchev–Trinajstić information content (AvgIpc) is 3.95. The molecule has 0 bridgehead atoms. The lowest BCUT2D eigenvalue weighted by atomic mass is 9.98. The molecule has 0 aliphatic carbocycles. The summed E-state index contributed by atoms with van der Waals surface area (Å²) in [5.74, 6) is 1.84. The molecular weight excluding hydrogens is 701 g/mol. The molecule has 8 aromatic carbocycles. The smallest absolute Gasteiger partial charge is 0.164 e. The Morgan fingerprint density at radius 2 is 0.930 bits per heavy atom. The van der Waals surface area contributed by atoms with Gasteiger partial charge in [-0.25, -0.2) is 15.0 Å². The lowest BCUT2D eigenvalue weighted by Crippen LogP contribution is -2.00. The van der Waals surface area contributed by atoms with Gasteiger partial charge in [-0.15, -0.1) is 0 Å². The molecule has 12 aromatic rings. The molecule has 4 heterocycles. The van der Waals surface area contributed by atoms with Gasteiger partial charge in [-0.3, -0.25) is 0 Å². The second-order valence-corrected chi connectivity index (χ2v) is 14.4. The number of aromatic nitrogens is 4. The highest BCUT2D eigenvalue weighted by atomic mass is 16.3. The van der Waals surface area contributed by atoms with E-state index in [4.69, 9.17) is 23.8 Å². The summed E-state index contributed by atoms with van der Waals surface area (Å²) in [5, 5.41) is 6.71. The Hall–Kier alpha value is -7.83. The number of rotatable bonds is 5. The van der Waals surface area contributed by atoms with E-state index in [1.54, 1.807) is 0 Å². The zero-order valence-electron chi connectivity index (χ0n) is 30.4. The van der Waals surface area contributed by atoms with E-state index >= 15 is 0 Å². The number of para-hydroxylation sites is 2. The number of hydrogen-bond donors (Lipinski definition) is 0. The minimum absolute atomic E-state index is 0.589. The van der Waals surface area contributed by atoms with E-state index in [1.807, 2.05) is 78.9 Å². The molecule has 4 aromatic heterocycles. The highest BCUT2D eigenvalue weighted by Gasteiger charge is 2.19. The highest BCUT2D eigenvalue weighted by Crippen LogP contribution is 2.41. The van der Waals surface area contributed by atoms with E-state index in [-0.39, 0.29) is 0 Å². The zero-order chi connectivity index (χ0) is 37.5. The van der Waals surface area contributed by atoms with Crippen LogP contribution in [-0.2, 0) is 0 Å². The van der Waals surface area contributed by atoms with Crippen molar-refractivity contribution >= 4 is 65.7 Å². The van der Waals surface area contributed by atoms with Gasteiger partial charge in [0.05, 0.1) is 11.0 Å². The second kappa shape index (κ2) is 12.3. The van der Waals surface area contributed by atoms with Gasteiger partial charge in [0, 0.05) is 54.7 Å². The van der Waals surface area contributed by atoms with Crippen LogP contribution in [0.3, 0.4) is 0 Å². The Morgan fingerprint density at radius 1 is 0.333 bits per heavy atom. The zero-order valence-corrected chi connectivity index (χ0v) is 30.4. The van der Waals surface area contributed by atoms with E-state index in [0.717, 1.165) is 88.4 Å². The summed E-state index contributed by atoms with van der Waals surface area (Å²) in [7, 11) is 0. The SMILES string of the molecule is c1ccc(-c2nc(-c3ccccc3)nc(-c3ccc4c(c3)oc3ccc(-n5c6ccccc6c6ccc(-c7cccc8oc9ccccc9c78)cc65)cc34)n2)cc1. The molecule has 0 fully saturated rings. The van der Waals surface area contributed by atoms with Gasteiger partial charge in [0.2, 0.25) is 0 Å². The standard InChI is InChI=1S/C51H30N4O2/c1-3-12-31(13-4-1)49-52-50(32-14-5-2-6-15-32)54-51(53-49)34-23-26-39-41-30-35(24-27-45(41)57-47(39)29-34)55-42-19-9-7-16-37(42)38-25-22-33(28-43(38)55)36-18-11-21-46-48(36)40-17-8-10-20-44(40)56-46/h1-30H. The maximum atomic E-state index is 6.55. The number of fused-ring (bicyclic) bond motifs is 9. The number of furan rings is 2. The average molecular weight is 731 g/mol. The second-order valence-electron chi connectivity index (χ2n) is 14.4. The van der Waals surface area contributed by atoms with E-state index in [2.05, 4.69) is 108 Å². The maximum Gasteiger partial charge on any atom is 0.164 e. The number of benzene rings is 8. The minimum atomic E-state index is 0.589. The normalized spacial score (nSPS) is 11.9. The molecule has 0 unspecified atom stereocenters. The van der Waals surface area contributed by atoms with Crippen molar-refractivity contribution in [1.82, 2.24) is 19.5 Å². The van der Waals surface area contributed by atoms with Gasteiger partial charge in [-0.1, -0.05) is 127 Å². The van der Waals surface area contributed by atoms with Gasteiger partial charge in [0.25, 0.3) is 0 Å². The van der Waals surface area contributed by atoms with Crippen molar-refractivity contribution in [3.63, 3.8) is 0 Å². The fourth-order valence-corrected chi connectivity index (χ4v) is 8.41. The van der Waals surface area contributed by atoms with Crippen LogP contribution in [0.1, 0.15) is 0 Å². The Bertz CT molecular complexity index is 3470. The molecule has 12 rings (SSSR count). The van der Waals surface area contributed by atoms with Crippen LogP contribution in [0, 0.1) is 0 Å². The highest BCUT2D eigenvalue weighted by molar-refractivity contribution is 6.15. The number of hydrogen-bond acceptors (Lipinski definition) is 5. The van der Waals surface area contributed by atoms with Crippen LogP contribution in [0.2, 0.25) is 0 Å². The molecule has 266 valence electrons. The monoisotopic (exact) mass is 730 g/mol. The predicted molar refractivity (Wildman–Crippen MR) is 230 cm³/mol. The van der Waals surface area contributed by atoms with Crippen molar-refractivity contribution in [2.75, 3.05) is 0 Å². The van der Waals surface area contributed by atoms with Crippen LogP contribution in [0.4, 0.5) is 0 Å². The van der Waals surface area contributed by atoms with Gasteiger partial charge >= 0.3 is 0 Å². The van der Waals surface area contributed by atoms with Crippen LogP contribution >= 0.6 is 0 Å². The first-order chi connectivity index (χ1) is 28.2. The first-order valence-corrected chi connectivity index (χ1v) is 19.0. The lowest BCUT2D eigenvalue weighted by molar-refractivity contribution is 0.668. The molecule has 6 heteroatoms. The van der Waals surface area contributed by atoms with Crippen molar-refractivity contribution < 1.29 is 8.83 Å². The Morgan fingerprint density at radius 3 is 1.72 bits per heavy atom. The molecule has 0 atom stereocenters. The summed E-state index contributed by atoms with van der Waals surface area (Å²) in [6.07, 6.45) is 0. The first-order valence-electron chi connectivity index (χ1n) is 19.0. The van der Waals surface area contributed by atoms with Crippen molar-refractivity contribution in [3.05, 3.63) is 182 Å². The molecule has 57 heavy (non-hydrogen) atoms. The van der Waals surface area contributed by atoms with Crippen molar-refractivity contribution in [2.24, 2.45) is 0 Å². The van der Waals surface area contributed by atoms with Gasteiger partial charge in [-0.05, 0) is 65.7 Å². The summed E-state index contributed by atoms with van der Waals surface area (Å²) < 4.78 is 15.2. The molecular formula is C51H30N4O2. The molecule has 0 amide bonds. The van der Waals surface area contributed by atoms with Crippen LogP contribution < -0.4 is 0 Å². The molecule has 6 nitrogen and oxygen atoms in total. The van der Waals surface area contributed by atoms with Gasteiger partial charge < -0.3 is 13.4 Å². The fraction of sp³-hybridized carbons (Fsp3) is 0. The summed E-state index contributed by atoms with van der Waals surface area (Å²) in [6, 6.07) is 62.8. The fourth-order valence-electron chi connectivity index (χ4n) is 8.41. The summed E-state index contributed by atoms with van der Waals surface area (Å²) in [5.41, 5.74) is 11.7. The largest absolute Gasteiger partial charge is 0.456 e. The molecule has 0 radical (unpaired) electrons. The van der Waals surface area contributed by atoms with Crippen LogP contribution in [0.25, 0.3) is 117 Å². The van der Waals surface area contributed by atoms with Crippen LogP contribution in [-0.4, -0.2) is 19.5 Å². The Balaban J connectivity index is 1.01. The van der Waals surface area contributed by atoms with E-state index in [0.29, 0.717) is 17.5 Å². The third-order valence-electron chi connectivity index (χ3n) is 11.1. The van der Waals surface area contributed by atoms with E-state index < -0.39 is 0 Å². The van der Waals surface area contributed by atoms with Gasteiger partial charge in [0.15, 0.2) is 17.5 Å². The Labute approximate surface area is 325 Å². The third-order valence-corrected chi connectivity index (χ3v) is 11.1. The first kappa shape index (κ1) is 31.5. The third kappa shape index (κ3) is 5.01. The van der Waals surface area contributed by atoms with Crippen LogP contribution in [0.5, 0.6) is 0 Å². The summed E-state index contributed by atoms with van der Waals surface area (Å²) >= 11 is 0. The van der Waals surface area contributed by atoms with Gasteiger partial charge in [-0.2, -0.15) is 0 Å². The summed E-state index contributed by atoms with van der Waals surface area (Å²) in [4.78, 5) is 14.8. The van der Waals surface area contributed by atoms with Crippen LogP contribution in [0.15, 0.2) is 191 Å². The quantitative estimate of drug-likeness (QED) is 0.176. The topological polar surface area (TPSA) is 69.9 Å². The molecule has 0 aliphatic rings. The van der Waals surface area contributed by atoms with E-state index in [9.17, 15) is 0 Å². The molecule has 0 aliphatic heterocycles. The number of nitrogens with zero attached hydrogens (tertiary/aromatic N) is 4. The van der Waals surface area contributed by atoms with E-state index in [1.165, 1.54) is 10.8 Å². The molecule has 0 saturated carbocycles. The Kier molecular flexibility index (Phi) is 6.83. The predicted octanol–water partition coefficient (Wildman–Crippen LogP) is 13.4. The summed E-state index contributed by atoms with van der Waals surface area (Å²) in [6.45, 7) is 0.